The van der Waals surface area contributed by atoms with Gasteiger partial charge >= 0.3 is 0 Å². The van der Waals surface area contributed by atoms with Gasteiger partial charge in [-0.3, -0.25) is 10.0 Å². The van der Waals surface area contributed by atoms with E-state index >= 15 is 4.39 Å². The topological polar surface area (TPSA) is 170 Å². The van der Waals surface area contributed by atoms with E-state index in [1.54, 1.807) is 12.3 Å². The summed E-state index contributed by atoms with van der Waals surface area (Å²) >= 11 is 1.30. The molecule has 0 spiro atoms. The molecule has 44 heavy (non-hydrogen) atoms. The maximum Gasteiger partial charge on any atom is 0.267 e. The molecule has 7 N–H and O–H groups in total. The number of hydrogen-bond donors (Lipinski definition) is 5. The first-order valence-electron chi connectivity index (χ1n) is 13.4. The maximum atomic E-state index is 16.0. The number of aromatic nitrogens is 3. The van der Waals surface area contributed by atoms with Crippen LogP contribution in [0.1, 0.15) is 25.8 Å². The van der Waals surface area contributed by atoms with Gasteiger partial charge in [-0.15, -0.1) is 11.3 Å². The molecular formula is C28H33F3N8O3S2. The molecule has 4 aromatic rings. The van der Waals surface area contributed by atoms with E-state index in [1.165, 1.54) is 23.5 Å². The molecule has 0 aliphatic carbocycles. The molecule has 0 aliphatic heterocycles. The SMILES string of the molecule is CC(C)(C)c1nc(-c2cccc(NS(=O)(=O)c3c(F)cccc3F)c2F)c(-c2ccnc(NCCNC(CN)OCN)n2)s1. The summed E-state index contributed by atoms with van der Waals surface area (Å²) in [6, 6.07) is 8.28. The van der Waals surface area contributed by atoms with Crippen molar-refractivity contribution in [1.82, 2.24) is 20.3 Å². The van der Waals surface area contributed by atoms with Gasteiger partial charge in [0.1, 0.15) is 17.9 Å². The van der Waals surface area contributed by atoms with Crippen molar-refractivity contribution in [3.05, 3.63) is 71.1 Å². The van der Waals surface area contributed by atoms with Crippen molar-refractivity contribution in [1.29, 1.82) is 0 Å². The Kier molecular flexibility index (Phi) is 10.5. The molecule has 0 bridgehead atoms. The van der Waals surface area contributed by atoms with E-state index < -0.39 is 49.7 Å². The lowest BCUT2D eigenvalue weighted by molar-refractivity contribution is 0.0411. The number of rotatable bonds is 13. The summed E-state index contributed by atoms with van der Waals surface area (Å²) in [6.45, 7) is 7.02. The average molecular weight is 651 g/mol. The molecular weight excluding hydrogens is 617 g/mol. The second-order valence-electron chi connectivity index (χ2n) is 10.5. The number of ether oxygens (including phenoxy) is 1. The van der Waals surface area contributed by atoms with E-state index in [4.69, 9.17) is 21.2 Å². The van der Waals surface area contributed by atoms with Gasteiger partial charge < -0.3 is 21.5 Å². The minimum Gasteiger partial charge on any atom is -0.353 e. The molecule has 0 saturated heterocycles. The van der Waals surface area contributed by atoms with Crippen LogP contribution in [-0.4, -0.2) is 56.0 Å². The van der Waals surface area contributed by atoms with Crippen LogP contribution in [0.5, 0.6) is 0 Å². The van der Waals surface area contributed by atoms with Crippen molar-refractivity contribution in [2.45, 2.75) is 37.3 Å². The highest BCUT2D eigenvalue weighted by Gasteiger charge is 2.28. The molecule has 1 unspecified atom stereocenters. The van der Waals surface area contributed by atoms with E-state index in [1.807, 2.05) is 25.5 Å². The molecule has 2 heterocycles. The summed E-state index contributed by atoms with van der Waals surface area (Å²) in [6.07, 6.45) is 1.15. The van der Waals surface area contributed by atoms with Gasteiger partial charge in [0.05, 0.1) is 33.7 Å². The smallest absolute Gasteiger partial charge is 0.267 e. The number of nitrogens with two attached hydrogens (primary N) is 2. The van der Waals surface area contributed by atoms with Crippen molar-refractivity contribution in [2.24, 2.45) is 11.5 Å². The summed E-state index contributed by atoms with van der Waals surface area (Å²) in [5.41, 5.74) is 10.7. The Hall–Kier alpha value is -3.67. The number of sulfonamides is 1. The second-order valence-corrected chi connectivity index (χ2v) is 13.1. The van der Waals surface area contributed by atoms with Crippen LogP contribution in [0.3, 0.4) is 0 Å². The summed E-state index contributed by atoms with van der Waals surface area (Å²) in [5.74, 6) is -3.29. The molecule has 11 nitrogen and oxygen atoms in total. The van der Waals surface area contributed by atoms with Crippen molar-refractivity contribution in [2.75, 3.05) is 36.4 Å². The fourth-order valence-electron chi connectivity index (χ4n) is 4.03. The first kappa shape index (κ1) is 33.2. The highest BCUT2D eigenvalue weighted by molar-refractivity contribution is 7.92. The maximum absolute atomic E-state index is 16.0. The van der Waals surface area contributed by atoms with Crippen molar-refractivity contribution in [3.8, 4) is 21.8 Å². The Morgan fingerprint density at radius 2 is 1.70 bits per heavy atom. The number of thiazole rings is 1. The van der Waals surface area contributed by atoms with Gasteiger partial charge in [-0.25, -0.2) is 36.5 Å². The van der Waals surface area contributed by atoms with Crippen LogP contribution >= 0.6 is 11.3 Å². The standard InChI is InChI=1S/C28H33F3N8O3S2/c1-28(2,3)26-38-23(24(43-26)20-10-11-35-27(37-20)36-13-12-34-21(14-32)42-15-33)16-6-4-9-19(22(16)31)39-44(40,41)25-17(29)7-5-8-18(25)30/h4-11,21,34,39H,12-15,32-33H2,1-3H3,(H,35,36,37). The quantitative estimate of drug-likeness (QED) is 0.105. The van der Waals surface area contributed by atoms with Crippen LogP contribution in [0.2, 0.25) is 0 Å². The van der Waals surface area contributed by atoms with E-state index in [9.17, 15) is 17.2 Å². The first-order chi connectivity index (χ1) is 20.9. The van der Waals surface area contributed by atoms with Gasteiger partial charge in [0.2, 0.25) is 5.95 Å². The molecule has 4 rings (SSSR count). The minimum absolute atomic E-state index is 0.0285. The van der Waals surface area contributed by atoms with E-state index in [0.29, 0.717) is 34.6 Å². The second kappa shape index (κ2) is 14.0. The number of halogens is 3. The molecule has 0 amide bonds. The summed E-state index contributed by atoms with van der Waals surface area (Å²) in [5, 5.41) is 6.87. The monoisotopic (exact) mass is 650 g/mol. The largest absolute Gasteiger partial charge is 0.353 e. The first-order valence-corrected chi connectivity index (χ1v) is 15.7. The van der Waals surface area contributed by atoms with Crippen molar-refractivity contribution in [3.63, 3.8) is 0 Å². The molecule has 0 fully saturated rings. The highest BCUT2D eigenvalue weighted by atomic mass is 32.2. The third kappa shape index (κ3) is 7.69. The summed E-state index contributed by atoms with van der Waals surface area (Å²) in [4.78, 5) is 12.9. The zero-order valence-corrected chi connectivity index (χ0v) is 25.8. The van der Waals surface area contributed by atoms with Crippen LogP contribution < -0.4 is 26.8 Å². The lowest BCUT2D eigenvalue weighted by Crippen LogP contribution is -2.41. The Morgan fingerprint density at radius 3 is 2.36 bits per heavy atom. The predicted molar refractivity (Wildman–Crippen MR) is 164 cm³/mol. The fraction of sp³-hybridized carbons (Fsp3) is 0.321. The number of benzene rings is 2. The zero-order valence-electron chi connectivity index (χ0n) is 24.2. The molecule has 1 atom stereocenters. The van der Waals surface area contributed by atoms with Gasteiger partial charge in [-0.2, -0.15) is 0 Å². The van der Waals surface area contributed by atoms with Crippen molar-refractivity contribution < 1.29 is 26.3 Å². The Labute approximate surface area is 257 Å². The molecule has 16 heteroatoms. The number of nitrogens with zero attached hydrogens (tertiary/aromatic N) is 3. The lowest BCUT2D eigenvalue weighted by Gasteiger charge is -2.16. The molecule has 0 saturated carbocycles. The minimum atomic E-state index is -4.82. The Balaban J connectivity index is 1.68. The number of hydrogen-bond acceptors (Lipinski definition) is 11. The van der Waals surface area contributed by atoms with Crippen LogP contribution in [0, 0.1) is 17.5 Å². The van der Waals surface area contributed by atoms with Gasteiger partial charge in [0, 0.05) is 36.8 Å². The predicted octanol–water partition coefficient (Wildman–Crippen LogP) is 4.00. The highest BCUT2D eigenvalue weighted by Crippen LogP contribution is 2.42. The van der Waals surface area contributed by atoms with Gasteiger partial charge in [0.25, 0.3) is 10.0 Å². The van der Waals surface area contributed by atoms with Crippen molar-refractivity contribution >= 4 is 33.0 Å². The third-order valence-electron chi connectivity index (χ3n) is 6.13. The molecule has 2 aromatic heterocycles. The van der Waals surface area contributed by atoms with E-state index in [2.05, 4.69) is 20.6 Å². The third-order valence-corrected chi connectivity index (χ3v) is 9.05. The number of anilines is 2. The lowest BCUT2D eigenvalue weighted by atomic mass is 9.98. The Morgan fingerprint density at radius 1 is 1.00 bits per heavy atom. The summed E-state index contributed by atoms with van der Waals surface area (Å²) < 4.78 is 77.5. The Bertz CT molecular complexity index is 1690. The molecule has 0 radical (unpaired) electrons. The van der Waals surface area contributed by atoms with Gasteiger partial charge in [-0.1, -0.05) is 32.9 Å². The van der Waals surface area contributed by atoms with Crippen LogP contribution in [0.15, 0.2) is 53.6 Å². The fourth-order valence-corrected chi connectivity index (χ4v) is 6.34. The molecule has 0 aliphatic rings. The van der Waals surface area contributed by atoms with Gasteiger partial charge in [-0.05, 0) is 30.3 Å². The summed E-state index contributed by atoms with van der Waals surface area (Å²) in [7, 11) is -4.82. The van der Waals surface area contributed by atoms with E-state index in [-0.39, 0.29) is 24.5 Å². The molecule has 236 valence electrons. The van der Waals surface area contributed by atoms with Crippen LogP contribution in [0.25, 0.3) is 21.8 Å². The normalized spacial score (nSPS) is 12.7. The van der Waals surface area contributed by atoms with Crippen LogP contribution in [0.4, 0.5) is 24.8 Å². The molecule has 2 aromatic carbocycles. The zero-order chi connectivity index (χ0) is 32.1. The van der Waals surface area contributed by atoms with Gasteiger partial charge in [0.15, 0.2) is 10.7 Å². The van der Waals surface area contributed by atoms with Crippen LogP contribution in [-0.2, 0) is 20.2 Å². The van der Waals surface area contributed by atoms with E-state index in [0.717, 1.165) is 24.3 Å². The number of nitrogens with one attached hydrogen (secondary N) is 3. The average Bonchev–Trinajstić information content (AvgIpc) is 3.42.